The van der Waals surface area contributed by atoms with Crippen LogP contribution in [0.25, 0.3) is 0 Å². The minimum Gasteiger partial charge on any atom is -0.339 e. The second-order valence-electron chi connectivity index (χ2n) is 5.82. The van der Waals surface area contributed by atoms with Crippen LogP contribution in [0.2, 0.25) is 0 Å². The van der Waals surface area contributed by atoms with E-state index in [1.165, 1.54) is 32.1 Å². The number of hydrogen-bond donors (Lipinski definition) is 0. The molecule has 4 heteroatoms. The van der Waals surface area contributed by atoms with Gasteiger partial charge in [-0.2, -0.15) is 0 Å². The lowest BCUT2D eigenvalue weighted by atomic mass is 9.85. The van der Waals surface area contributed by atoms with E-state index in [0.29, 0.717) is 6.04 Å². The molecule has 104 valence electrons. The lowest BCUT2D eigenvalue weighted by Gasteiger charge is -2.32. The van der Waals surface area contributed by atoms with Crippen molar-refractivity contribution in [1.29, 1.82) is 0 Å². The van der Waals surface area contributed by atoms with Gasteiger partial charge in [0.1, 0.15) is 5.69 Å². The molecule has 2 saturated carbocycles. The van der Waals surface area contributed by atoms with Gasteiger partial charge in [-0.3, -0.25) is 4.79 Å². The fourth-order valence-corrected chi connectivity index (χ4v) is 3.21. The Bertz CT molecular complexity index is 474. The molecule has 2 aliphatic carbocycles. The Morgan fingerprint density at radius 1 is 1.42 bits per heavy atom. The minimum absolute atomic E-state index is 0.201. The van der Waals surface area contributed by atoms with Gasteiger partial charge >= 0.3 is 0 Å². The van der Waals surface area contributed by atoms with E-state index in [0.717, 1.165) is 29.2 Å². The molecule has 0 atom stereocenters. The van der Waals surface area contributed by atoms with E-state index in [4.69, 9.17) is 0 Å². The topological polar surface area (TPSA) is 25.2 Å². The number of carbonyl (C=O) groups excluding carboxylic acids is 1. The predicted octanol–water partition coefficient (Wildman–Crippen LogP) is 3.85. The van der Waals surface area contributed by atoms with Gasteiger partial charge in [-0.05, 0) is 60.5 Å². The zero-order valence-electron chi connectivity index (χ0n) is 11.4. The number of aromatic nitrogens is 1. The highest BCUT2D eigenvalue weighted by Crippen LogP contribution is 2.38. The van der Waals surface area contributed by atoms with Crippen LogP contribution in [0.1, 0.15) is 55.6 Å². The van der Waals surface area contributed by atoms with Gasteiger partial charge in [0.2, 0.25) is 0 Å². The SMILES string of the molecule is CCN(CC1CCC1)C(=O)c1cc(Br)cn1C1CC1. The molecule has 19 heavy (non-hydrogen) atoms. The van der Waals surface area contributed by atoms with Crippen molar-refractivity contribution in [2.24, 2.45) is 5.92 Å². The fraction of sp³-hybridized carbons (Fsp3) is 0.667. The van der Waals surface area contributed by atoms with Crippen LogP contribution in [0, 0.1) is 5.92 Å². The summed E-state index contributed by atoms with van der Waals surface area (Å²) >= 11 is 3.50. The molecule has 1 amide bonds. The van der Waals surface area contributed by atoms with E-state index in [1.807, 2.05) is 11.0 Å². The Kier molecular flexibility index (Phi) is 3.70. The highest BCUT2D eigenvalue weighted by atomic mass is 79.9. The van der Waals surface area contributed by atoms with E-state index in [1.54, 1.807) is 0 Å². The summed E-state index contributed by atoms with van der Waals surface area (Å²) in [5, 5.41) is 0. The first-order valence-corrected chi connectivity index (χ1v) is 8.15. The number of nitrogens with zero attached hydrogens (tertiary/aromatic N) is 2. The van der Waals surface area contributed by atoms with Gasteiger partial charge in [-0.15, -0.1) is 0 Å². The Hall–Kier alpha value is -0.770. The number of halogens is 1. The van der Waals surface area contributed by atoms with Crippen LogP contribution < -0.4 is 0 Å². The van der Waals surface area contributed by atoms with Gasteiger partial charge in [0, 0.05) is 29.8 Å². The average Bonchev–Trinajstić information content (AvgIpc) is 3.11. The van der Waals surface area contributed by atoms with Crippen LogP contribution in [0.15, 0.2) is 16.7 Å². The van der Waals surface area contributed by atoms with Crippen LogP contribution in [-0.2, 0) is 0 Å². The monoisotopic (exact) mass is 324 g/mol. The predicted molar refractivity (Wildman–Crippen MR) is 79.3 cm³/mol. The summed E-state index contributed by atoms with van der Waals surface area (Å²) in [6.07, 6.45) is 8.38. The molecule has 1 aromatic rings. The zero-order chi connectivity index (χ0) is 13.4. The fourth-order valence-electron chi connectivity index (χ4n) is 2.78. The molecule has 0 bridgehead atoms. The maximum Gasteiger partial charge on any atom is 0.270 e. The van der Waals surface area contributed by atoms with Crippen molar-refractivity contribution < 1.29 is 4.79 Å². The largest absolute Gasteiger partial charge is 0.339 e. The Labute approximate surface area is 123 Å². The van der Waals surface area contributed by atoms with Crippen LogP contribution in [-0.4, -0.2) is 28.5 Å². The van der Waals surface area contributed by atoms with Crippen molar-refractivity contribution in [2.75, 3.05) is 13.1 Å². The summed E-state index contributed by atoms with van der Waals surface area (Å²) in [6, 6.07) is 2.53. The summed E-state index contributed by atoms with van der Waals surface area (Å²) in [4.78, 5) is 14.7. The number of amides is 1. The zero-order valence-corrected chi connectivity index (χ0v) is 13.0. The van der Waals surface area contributed by atoms with Crippen LogP contribution in [0.4, 0.5) is 0 Å². The lowest BCUT2D eigenvalue weighted by Crippen LogP contribution is -2.38. The van der Waals surface area contributed by atoms with Crippen LogP contribution >= 0.6 is 15.9 Å². The Morgan fingerprint density at radius 3 is 2.68 bits per heavy atom. The molecule has 1 heterocycles. The second kappa shape index (κ2) is 5.31. The molecule has 3 nitrogen and oxygen atoms in total. The molecular weight excluding hydrogens is 304 g/mol. The highest BCUT2D eigenvalue weighted by Gasteiger charge is 2.30. The maximum absolute atomic E-state index is 12.7. The van der Waals surface area contributed by atoms with Gasteiger partial charge < -0.3 is 9.47 Å². The lowest BCUT2D eigenvalue weighted by molar-refractivity contribution is 0.0695. The van der Waals surface area contributed by atoms with Crippen LogP contribution in [0.5, 0.6) is 0 Å². The summed E-state index contributed by atoms with van der Waals surface area (Å²) in [5.41, 5.74) is 0.857. The minimum atomic E-state index is 0.201. The number of carbonyl (C=O) groups is 1. The first-order chi connectivity index (χ1) is 9.19. The third kappa shape index (κ3) is 2.73. The van der Waals surface area contributed by atoms with E-state index < -0.39 is 0 Å². The molecule has 0 saturated heterocycles. The summed E-state index contributed by atoms with van der Waals surface area (Å²) in [7, 11) is 0. The first-order valence-electron chi connectivity index (χ1n) is 7.35. The van der Waals surface area contributed by atoms with Gasteiger partial charge in [-0.1, -0.05) is 6.42 Å². The average molecular weight is 325 g/mol. The molecule has 0 unspecified atom stereocenters. The molecule has 0 radical (unpaired) electrons. The molecular formula is C15H21BrN2O. The smallest absolute Gasteiger partial charge is 0.270 e. The van der Waals surface area contributed by atoms with Crippen molar-refractivity contribution >= 4 is 21.8 Å². The Morgan fingerprint density at radius 2 is 2.16 bits per heavy atom. The van der Waals surface area contributed by atoms with E-state index in [-0.39, 0.29) is 5.91 Å². The second-order valence-corrected chi connectivity index (χ2v) is 6.74. The molecule has 0 spiro atoms. The third-order valence-electron chi connectivity index (χ3n) is 4.35. The normalized spacial score (nSPS) is 19.3. The maximum atomic E-state index is 12.7. The quantitative estimate of drug-likeness (QED) is 0.807. The summed E-state index contributed by atoms with van der Waals surface area (Å²) < 4.78 is 3.18. The number of hydrogen-bond acceptors (Lipinski definition) is 1. The van der Waals surface area contributed by atoms with Crippen molar-refractivity contribution in [3.63, 3.8) is 0 Å². The summed E-state index contributed by atoms with van der Waals surface area (Å²) in [5.74, 6) is 0.934. The molecule has 0 aromatic carbocycles. The third-order valence-corrected chi connectivity index (χ3v) is 4.78. The molecule has 2 aliphatic rings. The molecule has 2 fully saturated rings. The summed E-state index contributed by atoms with van der Waals surface area (Å²) in [6.45, 7) is 3.82. The van der Waals surface area contributed by atoms with E-state index >= 15 is 0 Å². The number of rotatable bonds is 5. The van der Waals surface area contributed by atoms with Gasteiger partial charge in [0.15, 0.2) is 0 Å². The standard InChI is InChI=1S/C15H21BrN2O/c1-2-17(9-11-4-3-5-11)15(19)14-8-12(16)10-18(14)13-6-7-13/h8,10-11,13H,2-7,9H2,1H3. The van der Waals surface area contributed by atoms with Gasteiger partial charge in [-0.25, -0.2) is 0 Å². The van der Waals surface area contributed by atoms with E-state index in [9.17, 15) is 4.79 Å². The van der Waals surface area contributed by atoms with Crippen LogP contribution in [0.3, 0.4) is 0 Å². The van der Waals surface area contributed by atoms with E-state index in [2.05, 4.69) is 33.6 Å². The van der Waals surface area contributed by atoms with Crippen molar-refractivity contribution in [2.45, 2.75) is 45.1 Å². The van der Waals surface area contributed by atoms with Crippen molar-refractivity contribution in [3.8, 4) is 0 Å². The van der Waals surface area contributed by atoms with Gasteiger partial charge in [0.05, 0.1) is 0 Å². The molecule has 0 N–H and O–H groups in total. The molecule has 0 aliphatic heterocycles. The highest BCUT2D eigenvalue weighted by molar-refractivity contribution is 9.10. The molecule has 1 aromatic heterocycles. The van der Waals surface area contributed by atoms with Crippen molar-refractivity contribution in [3.05, 3.63) is 22.4 Å². The molecule has 3 rings (SSSR count). The first kappa shape index (κ1) is 13.2. The van der Waals surface area contributed by atoms with Crippen molar-refractivity contribution in [1.82, 2.24) is 9.47 Å². The van der Waals surface area contributed by atoms with Gasteiger partial charge in [0.25, 0.3) is 5.91 Å². The Balaban J connectivity index is 1.76.